The van der Waals surface area contributed by atoms with Crippen LogP contribution >= 0.6 is 0 Å². The van der Waals surface area contributed by atoms with Gasteiger partial charge < -0.3 is 29.0 Å². The van der Waals surface area contributed by atoms with Gasteiger partial charge in [-0.1, -0.05) is 25.1 Å². The number of carboxylic acid groups (broad SMARTS) is 1. The Labute approximate surface area is 218 Å². The summed E-state index contributed by atoms with van der Waals surface area (Å²) >= 11 is 0. The van der Waals surface area contributed by atoms with E-state index in [9.17, 15) is 14.7 Å². The van der Waals surface area contributed by atoms with Gasteiger partial charge in [-0.2, -0.15) is 0 Å². The average molecular weight is 512 g/mol. The molecule has 200 valence electrons. The van der Waals surface area contributed by atoms with Crippen LogP contribution in [0.4, 0.5) is 0 Å². The maximum atomic E-state index is 13.7. The zero-order valence-electron chi connectivity index (χ0n) is 22.2. The predicted molar refractivity (Wildman–Crippen MR) is 142 cm³/mol. The van der Waals surface area contributed by atoms with Crippen molar-refractivity contribution in [3.63, 3.8) is 0 Å². The highest BCUT2D eigenvalue weighted by Crippen LogP contribution is 2.41. The summed E-state index contributed by atoms with van der Waals surface area (Å²) in [4.78, 5) is 27.9. The van der Waals surface area contributed by atoms with Gasteiger partial charge in [-0.25, -0.2) is 4.79 Å². The molecule has 1 N–H and O–H groups in total. The average Bonchev–Trinajstić information content (AvgIpc) is 2.93. The molecule has 3 rings (SSSR count). The molecule has 0 radical (unpaired) electrons. The Morgan fingerprint density at radius 2 is 1.59 bits per heavy atom. The molecule has 1 aliphatic heterocycles. The molecular formula is C29H37NO7. The SMILES string of the molecule is C=C(C(=O)N1CCCC[C@@]1(CCCCc1ccc(OC)cc1)C(=O)O)c1cc(OC)c(OC)c(OC)c1. The van der Waals surface area contributed by atoms with Crippen LogP contribution in [0.3, 0.4) is 0 Å². The van der Waals surface area contributed by atoms with Crippen LogP contribution in [0.1, 0.15) is 49.7 Å². The van der Waals surface area contributed by atoms with Gasteiger partial charge in [0.1, 0.15) is 11.3 Å². The van der Waals surface area contributed by atoms with Crippen molar-refractivity contribution in [1.82, 2.24) is 4.90 Å². The maximum Gasteiger partial charge on any atom is 0.329 e. The molecule has 0 spiro atoms. The van der Waals surface area contributed by atoms with Crippen molar-refractivity contribution in [3.05, 3.63) is 54.1 Å². The lowest BCUT2D eigenvalue weighted by atomic mass is 9.81. The van der Waals surface area contributed by atoms with Crippen LogP contribution in [0.5, 0.6) is 23.0 Å². The molecule has 1 atom stereocenters. The molecule has 2 aromatic rings. The third-order valence-electron chi connectivity index (χ3n) is 7.12. The first-order valence-corrected chi connectivity index (χ1v) is 12.5. The third kappa shape index (κ3) is 6.01. The number of carbonyl (C=O) groups is 2. The molecule has 0 aliphatic carbocycles. The number of hydrogen-bond acceptors (Lipinski definition) is 6. The van der Waals surface area contributed by atoms with Crippen molar-refractivity contribution in [2.24, 2.45) is 0 Å². The summed E-state index contributed by atoms with van der Waals surface area (Å²) in [6, 6.07) is 11.2. The van der Waals surface area contributed by atoms with E-state index in [-0.39, 0.29) is 5.57 Å². The lowest BCUT2D eigenvalue weighted by molar-refractivity contribution is -0.161. The fourth-order valence-corrected chi connectivity index (χ4v) is 5.00. The molecule has 8 nitrogen and oxygen atoms in total. The number of carbonyl (C=O) groups excluding carboxylic acids is 1. The zero-order valence-corrected chi connectivity index (χ0v) is 22.2. The molecule has 0 bridgehead atoms. The Hall–Kier alpha value is -3.68. The lowest BCUT2D eigenvalue weighted by Crippen LogP contribution is -2.59. The van der Waals surface area contributed by atoms with E-state index in [4.69, 9.17) is 18.9 Å². The molecule has 0 saturated carbocycles. The molecule has 1 amide bonds. The monoisotopic (exact) mass is 511 g/mol. The highest BCUT2D eigenvalue weighted by atomic mass is 16.5. The number of ether oxygens (including phenoxy) is 4. The van der Waals surface area contributed by atoms with E-state index < -0.39 is 17.4 Å². The molecule has 0 unspecified atom stereocenters. The second kappa shape index (κ2) is 12.5. The number of aliphatic carboxylic acids is 1. The molecular weight excluding hydrogens is 474 g/mol. The second-order valence-corrected chi connectivity index (χ2v) is 9.20. The minimum Gasteiger partial charge on any atom is -0.497 e. The van der Waals surface area contributed by atoms with Gasteiger partial charge in [-0.3, -0.25) is 4.79 Å². The first-order chi connectivity index (χ1) is 17.8. The van der Waals surface area contributed by atoms with Gasteiger partial charge in [0.25, 0.3) is 5.91 Å². The van der Waals surface area contributed by atoms with Crippen molar-refractivity contribution in [2.45, 2.75) is 50.5 Å². The van der Waals surface area contributed by atoms with Crippen LogP contribution in [0.15, 0.2) is 43.0 Å². The number of likely N-dealkylation sites (tertiary alicyclic amines) is 1. The number of rotatable bonds is 12. The van der Waals surface area contributed by atoms with Crippen molar-refractivity contribution in [3.8, 4) is 23.0 Å². The third-order valence-corrected chi connectivity index (χ3v) is 7.12. The quantitative estimate of drug-likeness (QED) is 0.317. The highest BCUT2D eigenvalue weighted by Gasteiger charge is 2.48. The van der Waals surface area contributed by atoms with Gasteiger partial charge in [-0.05, 0) is 73.9 Å². The Morgan fingerprint density at radius 3 is 2.14 bits per heavy atom. The van der Waals surface area contributed by atoms with Crippen LogP contribution < -0.4 is 18.9 Å². The van der Waals surface area contributed by atoms with E-state index in [1.54, 1.807) is 19.2 Å². The number of piperidine rings is 1. The van der Waals surface area contributed by atoms with E-state index in [1.807, 2.05) is 24.3 Å². The van der Waals surface area contributed by atoms with E-state index in [0.717, 1.165) is 37.0 Å². The van der Waals surface area contributed by atoms with Crippen molar-refractivity contribution < 1.29 is 33.6 Å². The van der Waals surface area contributed by atoms with E-state index >= 15 is 0 Å². The fourth-order valence-electron chi connectivity index (χ4n) is 5.00. The summed E-state index contributed by atoms with van der Waals surface area (Å²) < 4.78 is 21.4. The summed E-state index contributed by atoms with van der Waals surface area (Å²) in [6.45, 7) is 4.40. The van der Waals surface area contributed by atoms with Gasteiger partial charge in [0.2, 0.25) is 5.75 Å². The number of nitrogens with zero attached hydrogens (tertiary/aromatic N) is 1. The van der Waals surface area contributed by atoms with Gasteiger partial charge in [0.15, 0.2) is 11.5 Å². The van der Waals surface area contributed by atoms with Gasteiger partial charge in [0.05, 0.1) is 28.4 Å². The van der Waals surface area contributed by atoms with Crippen LogP contribution in [0.2, 0.25) is 0 Å². The Morgan fingerprint density at radius 1 is 0.946 bits per heavy atom. The zero-order chi connectivity index (χ0) is 27.0. The number of unbranched alkanes of at least 4 members (excludes halogenated alkanes) is 1. The fraction of sp³-hybridized carbons (Fsp3) is 0.448. The van der Waals surface area contributed by atoms with E-state index in [2.05, 4.69) is 6.58 Å². The number of methoxy groups -OCH3 is 4. The molecule has 2 aromatic carbocycles. The van der Waals surface area contributed by atoms with Crippen molar-refractivity contribution in [2.75, 3.05) is 35.0 Å². The molecule has 8 heteroatoms. The summed E-state index contributed by atoms with van der Waals surface area (Å²) in [7, 11) is 6.13. The largest absolute Gasteiger partial charge is 0.497 e. The molecule has 0 aromatic heterocycles. The first kappa shape index (κ1) is 27.9. The molecule has 1 fully saturated rings. The van der Waals surface area contributed by atoms with Gasteiger partial charge in [0, 0.05) is 12.1 Å². The number of aryl methyl sites for hydroxylation is 1. The Balaban J connectivity index is 1.79. The smallest absolute Gasteiger partial charge is 0.329 e. The molecule has 1 saturated heterocycles. The van der Waals surface area contributed by atoms with Crippen molar-refractivity contribution in [1.29, 1.82) is 0 Å². The number of hydrogen-bond donors (Lipinski definition) is 1. The standard InChI is InChI=1S/C29H37NO7/c1-20(22-18-24(35-3)26(37-5)25(19-22)36-4)27(31)30-17-9-8-16-29(30,28(32)33)15-7-6-10-21-11-13-23(34-2)14-12-21/h11-14,18-19H,1,6-10,15-17H2,2-5H3,(H,32,33)/t29-/m0/s1. The van der Waals surface area contributed by atoms with Gasteiger partial charge in [-0.15, -0.1) is 0 Å². The number of amides is 1. The summed E-state index contributed by atoms with van der Waals surface area (Å²) in [5.41, 5.74) is 0.574. The highest BCUT2D eigenvalue weighted by molar-refractivity contribution is 6.20. The normalized spacial score (nSPS) is 17.1. The van der Waals surface area contributed by atoms with Crippen molar-refractivity contribution >= 4 is 17.4 Å². The second-order valence-electron chi connectivity index (χ2n) is 9.20. The minimum absolute atomic E-state index is 0.185. The number of carboxylic acids is 1. The first-order valence-electron chi connectivity index (χ1n) is 12.5. The molecule has 37 heavy (non-hydrogen) atoms. The van der Waals surface area contributed by atoms with Crippen LogP contribution in [-0.2, 0) is 16.0 Å². The summed E-state index contributed by atoms with van der Waals surface area (Å²) in [6.07, 6.45) is 4.62. The van der Waals surface area contributed by atoms with Gasteiger partial charge >= 0.3 is 5.97 Å². The Kier molecular flexibility index (Phi) is 9.44. The van der Waals surface area contributed by atoms with E-state index in [1.165, 1.54) is 26.2 Å². The summed E-state index contributed by atoms with van der Waals surface area (Å²) in [5.74, 6) is 0.634. The Bertz CT molecular complexity index is 1090. The minimum atomic E-state index is -1.27. The topological polar surface area (TPSA) is 94.5 Å². The number of benzene rings is 2. The molecule has 1 aliphatic rings. The van der Waals surface area contributed by atoms with Crippen LogP contribution in [-0.4, -0.2) is 62.4 Å². The summed E-state index contributed by atoms with van der Waals surface area (Å²) in [5, 5.41) is 10.4. The lowest BCUT2D eigenvalue weighted by Gasteiger charge is -2.44. The maximum absolute atomic E-state index is 13.7. The predicted octanol–water partition coefficient (Wildman–Crippen LogP) is 4.98. The molecule has 1 heterocycles. The van der Waals surface area contributed by atoms with E-state index in [0.29, 0.717) is 48.6 Å². The van der Waals surface area contributed by atoms with Crippen LogP contribution in [0, 0.1) is 0 Å². The van der Waals surface area contributed by atoms with Crippen LogP contribution in [0.25, 0.3) is 5.57 Å².